The number of rotatable bonds is 6. The first-order valence-corrected chi connectivity index (χ1v) is 10.9. The number of halogens is 1. The molecule has 1 saturated carbocycles. The smallest absolute Gasteiger partial charge is 0.254 e. The van der Waals surface area contributed by atoms with Crippen molar-refractivity contribution in [1.82, 2.24) is 20.0 Å². The molecule has 1 aliphatic heterocycles. The summed E-state index contributed by atoms with van der Waals surface area (Å²) in [5, 5.41) is 8.25. The molecule has 2 aliphatic rings. The number of ether oxygens (including phenoxy) is 1. The second kappa shape index (κ2) is 9.28. The number of hydrogen-bond donors (Lipinski definition) is 1. The average molecular weight is 417 g/mol. The Morgan fingerprint density at radius 2 is 1.93 bits per heavy atom. The summed E-state index contributed by atoms with van der Waals surface area (Å²) >= 11 is 6.23. The lowest BCUT2D eigenvalue weighted by Gasteiger charge is -2.48. The van der Waals surface area contributed by atoms with Gasteiger partial charge >= 0.3 is 0 Å². The maximum absolute atomic E-state index is 12.8. The Bertz CT molecular complexity index is 826. The highest BCUT2D eigenvalue weighted by Gasteiger charge is 2.38. The number of benzene rings is 1. The van der Waals surface area contributed by atoms with Gasteiger partial charge in [0.25, 0.3) is 5.91 Å². The van der Waals surface area contributed by atoms with E-state index in [0.29, 0.717) is 23.7 Å². The Hall–Kier alpha value is -1.89. The third-order valence-electron chi connectivity index (χ3n) is 6.23. The minimum absolute atomic E-state index is 0.0608. The lowest BCUT2D eigenvalue weighted by atomic mass is 9.79. The molecular weight excluding hydrogens is 388 g/mol. The number of carbonyl (C=O) groups is 1. The highest BCUT2D eigenvalue weighted by molar-refractivity contribution is 6.31. The van der Waals surface area contributed by atoms with Crippen molar-refractivity contribution in [3.8, 4) is 0 Å². The molecule has 0 radical (unpaired) electrons. The molecule has 0 bridgehead atoms. The van der Waals surface area contributed by atoms with Crippen LogP contribution >= 0.6 is 11.6 Å². The number of nitrogens with zero attached hydrogens (tertiary/aromatic N) is 3. The van der Waals surface area contributed by atoms with Crippen molar-refractivity contribution in [3.05, 3.63) is 52.8 Å². The van der Waals surface area contributed by atoms with Gasteiger partial charge in [0.15, 0.2) is 0 Å². The molecule has 7 heteroatoms. The van der Waals surface area contributed by atoms with Gasteiger partial charge in [0.2, 0.25) is 0 Å². The fraction of sp³-hybridized carbons (Fsp3) is 0.545. The number of carbonyl (C=O) groups excluding carboxylic acids is 1. The number of hydrogen-bond acceptors (Lipinski definition) is 4. The van der Waals surface area contributed by atoms with Crippen molar-refractivity contribution in [2.24, 2.45) is 0 Å². The number of amides is 1. The van der Waals surface area contributed by atoms with Gasteiger partial charge in [-0.3, -0.25) is 14.4 Å². The number of aromatic nitrogens is 2. The topological polar surface area (TPSA) is 59.4 Å². The summed E-state index contributed by atoms with van der Waals surface area (Å²) in [4.78, 5) is 15.3. The molecule has 1 N–H and O–H groups in total. The second-order valence-electron chi connectivity index (χ2n) is 8.09. The standard InChI is InChI=1S/C22H29ClN4O2/c23-20-7-3-2-6-18(20)15-27-16-19(14-25-27)21(28)24-17-22(8-4-1-5-9-22)26-10-12-29-13-11-26/h2-3,6-7,14,16H,1,4-5,8-13,15,17H2,(H,24,28). The minimum Gasteiger partial charge on any atom is -0.379 e. The molecule has 1 amide bonds. The summed E-state index contributed by atoms with van der Waals surface area (Å²) in [6.07, 6.45) is 9.44. The lowest BCUT2D eigenvalue weighted by molar-refractivity contribution is -0.0361. The molecule has 1 aliphatic carbocycles. The molecule has 0 unspecified atom stereocenters. The normalized spacial score (nSPS) is 19.8. The fourth-order valence-corrected chi connectivity index (χ4v) is 4.76. The van der Waals surface area contributed by atoms with Crippen LogP contribution in [0.2, 0.25) is 5.02 Å². The van der Waals surface area contributed by atoms with Crippen molar-refractivity contribution >= 4 is 17.5 Å². The van der Waals surface area contributed by atoms with E-state index in [4.69, 9.17) is 16.3 Å². The van der Waals surface area contributed by atoms with Gasteiger partial charge in [-0.2, -0.15) is 5.10 Å². The fourth-order valence-electron chi connectivity index (χ4n) is 4.57. The Kier molecular flexibility index (Phi) is 6.53. The van der Waals surface area contributed by atoms with E-state index in [1.807, 2.05) is 24.3 Å². The largest absolute Gasteiger partial charge is 0.379 e. The van der Waals surface area contributed by atoms with Crippen LogP contribution in [0, 0.1) is 0 Å². The van der Waals surface area contributed by atoms with E-state index >= 15 is 0 Å². The van der Waals surface area contributed by atoms with E-state index in [-0.39, 0.29) is 11.4 Å². The Labute approximate surface area is 177 Å². The van der Waals surface area contributed by atoms with Crippen molar-refractivity contribution in [1.29, 1.82) is 0 Å². The van der Waals surface area contributed by atoms with Gasteiger partial charge in [-0.25, -0.2) is 0 Å². The lowest BCUT2D eigenvalue weighted by Crippen LogP contribution is -2.59. The molecule has 0 spiro atoms. The molecular formula is C22H29ClN4O2. The molecule has 1 aromatic heterocycles. The third-order valence-corrected chi connectivity index (χ3v) is 6.60. The van der Waals surface area contributed by atoms with E-state index in [1.54, 1.807) is 17.1 Å². The van der Waals surface area contributed by atoms with Crippen LogP contribution in [0.4, 0.5) is 0 Å². The highest BCUT2D eigenvalue weighted by atomic mass is 35.5. The first-order valence-electron chi connectivity index (χ1n) is 10.5. The Morgan fingerprint density at radius 1 is 1.17 bits per heavy atom. The zero-order valence-corrected chi connectivity index (χ0v) is 17.5. The van der Waals surface area contributed by atoms with Gasteiger partial charge in [0.1, 0.15) is 0 Å². The zero-order chi connectivity index (χ0) is 20.1. The maximum Gasteiger partial charge on any atom is 0.254 e. The van der Waals surface area contributed by atoms with E-state index in [1.165, 1.54) is 19.3 Å². The Morgan fingerprint density at radius 3 is 2.69 bits per heavy atom. The van der Waals surface area contributed by atoms with Crippen LogP contribution in [0.25, 0.3) is 0 Å². The summed E-state index contributed by atoms with van der Waals surface area (Å²) in [6.45, 7) is 4.69. The van der Waals surface area contributed by atoms with Crippen molar-refractivity contribution in [2.75, 3.05) is 32.8 Å². The zero-order valence-electron chi connectivity index (χ0n) is 16.8. The summed E-state index contributed by atoms with van der Waals surface area (Å²) < 4.78 is 7.30. The highest BCUT2D eigenvalue weighted by Crippen LogP contribution is 2.34. The SMILES string of the molecule is O=C(NCC1(N2CCOCC2)CCCCC1)c1cnn(Cc2ccccc2Cl)c1. The molecule has 2 fully saturated rings. The van der Waals surface area contributed by atoms with Crippen molar-refractivity contribution < 1.29 is 9.53 Å². The third kappa shape index (κ3) is 4.82. The molecule has 1 saturated heterocycles. The van der Waals surface area contributed by atoms with Crippen LogP contribution in [-0.4, -0.2) is 59.0 Å². The van der Waals surface area contributed by atoms with E-state index in [2.05, 4.69) is 15.3 Å². The summed E-state index contributed by atoms with van der Waals surface area (Å²) in [5.74, 6) is -0.0615. The minimum atomic E-state index is -0.0615. The summed E-state index contributed by atoms with van der Waals surface area (Å²) in [7, 11) is 0. The van der Waals surface area contributed by atoms with Crippen molar-refractivity contribution in [2.45, 2.75) is 44.2 Å². The summed E-state index contributed by atoms with van der Waals surface area (Å²) in [6, 6.07) is 7.69. The molecule has 29 heavy (non-hydrogen) atoms. The van der Waals surface area contributed by atoms with Gasteiger partial charge in [0.05, 0.1) is 31.5 Å². The number of morpholine rings is 1. The molecule has 2 heterocycles. The molecule has 1 aromatic carbocycles. The van der Waals surface area contributed by atoms with Crippen LogP contribution in [0.1, 0.15) is 48.0 Å². The first kappa shape index (κ1) is 20.4. The quantitative estimate of drug-likeness (QED) is 0.784. The molecule has 6 nitrogen and oxygen atoms in total. The molecule has 0 atom stereocenters. The average Bonchev–Trinajstić information content (AvgIpc) is 3.24. The van der Waals surface area contributed by atoms with E-state index in [9.17, 15) is 4.79 Å². The van der Waals surface area contributed by atoms with Gasteiger partial charge in [-0.15, -0.1) is 0 Å². The van der Waals surface area contributed by atoms with E-state index in [0.717, 1.165) is 44.7 Å². The second-order valence-corrected chi connectivity index (χ2v) is 8.49. The predicted molar refractivity (Wildman–Crippen MR) is 113 cm³/mol. The van der Waals surface area contributed by atoms with Gasteiger partial charge in [-0.1, -0.05) is 49.1 Å². The summed E-state index contributed by atoms with van der Waals surface area (Å²) in [5.41, 5.74) is 1.63. The molecule has 2 aromatic rings. The maximum atomic E-state index is 12.8. The monoisotopic (exact) mass is 416 g/mol. The number of nitrogens with one attached hydrogen (secondary N) is 1. The van der Waals surface area contributed by atoms with Crippen molar-refractivity contribution in [3.63, 3.8) is 0 Å². The molecule has 4 rings (SSSR count). The van der Waals surface area contributed by atoms with Crippen LogP contribution in [0.5, 0.6) is 0 Å². The Balaban J connectivity index is 1.39. The van der Waals surface area contributed by atoms with Crippen LogP contribution in [-0.2, 0) is 11.3 Å². The van der Waals surface area contributed by atoms with Gasteiger partial charge in [-0.05, 0) is 24.5 Å². The predicted octanol–water partition coefficient (Wildman–Crippen LogP) is 3.35. The van der Waals surface area contributed by atoms with Crippen LogP contribution in [0.15, 0.2) is 36.7 Å². The van der Waals surface area contributed by atoms with Gasteiger partial charge in [0, 0.05) is 36.4 Å². The van der Waals surface area contributed by atoms with E-state index < -0.39 is 0 Å². The van der Waals surface area contributed by atoms with Crippen LogP contribution < -0.4 is 5.32 Å². The van der Waals surface area contributed by atoms with Gasteiger partial charge < -0.3 is 10.1 Å². The first-order chi connectivity index (χ1) is 14.2. The van der Waals surface area contributed by atoms with Crippen LogP contribution in [0.3, 0.4) is 0 Å². The molecule has 156 valence electrons.